The third kappa shape index (κ3) is 3.41. The molecule has 0 spiro atoms. The molecule has 1 aromatic carbocycles. The van der Waals surface area contributed by atoms with Gasteiger partial charge in [0.05, 0.1) is 5.56 Å². The van der Waals surface area contributed by atoms with E-state index in [1.165, 1.54) is 18.4 Å². The summed E-state index contributed by atoms with van der Waals surface area (Å²) >= 11 is 0. The minimum atomic E-state index is -0.964. The van der Waals surface area contributed by atoms with Gasteiger partial charge >= 0.3 is 5.97 Å². The monoisotopic (exact) mass is 260 g/mol. The van der Waals surface area contributed by atoms with Crippen molar-refractivity contribution in [2.24, 2.45) is 0 Å². The molecule has 2 aromatic rings. The predicted octanol–water partition coefficient (Wildman–Crippen LogP) is 1.35. The molecule has 1 aromatic heterocycles. The van der Waals surface area contributed by atoms with Crippen LogP contribution < -0.4 is 5.32 Å². The minimum absolute atomic E-state index is 0.222. The average molecular weight is 260 g/mol. The molecule has 0 radical (unpaired) electrons. The van der Waals surface area contributed by atoms with Gasteiger partial charge in [-0.2, -0.15) is 0 Å². The number of hydrogen-bond donors (Lipinski definition) is 2. The maximum atomic E-state index is 11.5. The lowest BCUT2D eigenvalue weighted by Gasteiger charge is -2.04. The Morgan fingerprint density at radius 1 is 1.32 bits per heavy atom. The summed E-state index contributed by atoms with van der Waals surface area (Å²) in [5.74, 6) is -1.28. The zero-order valence-corrected chi connectivity index (χ0v) is 10.00. The molecule has 19 heavy (non-hydrogen) atoms. The van der Waals surface area contributed by atoms with Crippen LogP contribution in [0.15, 0.2) is 41.1 Å². The summed E-state index contributed by atoms with van der Waals surface area (Å²) in [6.45, 7) is 0.398. The normalized spacial score (nSPS) is 10.1. The lowest BCUT2D eigenvalue weighted by Crippen LogP contribution is -2.25. The number of carboxylic acids is 1. The third-order valence-corrected chi connectivity index (χ3v) is 2.54. The van der Waals surface area contributed by atoms with Crippen LogP contribution >= 0.6 is 0 Å². The van der Waals surface area contributed by atoms with E-state index in [9.17, 15) is 9.59 Å². The van der Waals surface area contributed by atoms with Crippen molar-refractivity contribution in [3.8, 4) is 0 Å². The molecule has 6 heteroatoms. The summed E-state index contributed by atoms with van der Waals surface area (Å²) in [6, 6.07) is 8.08. The van der Waals surface area contributed by atoms with Crippen LogP contribution in [0.2, 0.25) is 0 Å². The molecule has 0 aliphatic heterocycles. The van der Waals surface area contributed by atoms with Crippen molar-refractivity contribution in [1.29, 1.82) is 0 Å². The standard InChI is InChI=1S/C13H12N2O4/c16-12(11-5-7-19-15-11)14-6-4-9-2-1-3-10(8-9)13(17)18/h1-3,5,7-8H,4,6H2,(H,14,16)(H,17,18). The van der Waals surface area contributed by atoms with Crippen LogP contribution in [0.25, 0.3) is 0 Å². The first-order valence-corrected chi connectivity index (χ1v) is 5.67. The number of carboxylic acid groups (broad SMARTS) is 1. The maximum Gasteiger partial charge on any atom is 0.335 e. The number of nitrogens with one attached hydrogen (secondary N) is 1. The van der Waals surface area contributed by atoms with Crippen LogP contribution in [-0.2, 0) is 6.42 Å². The van der Waals surface area contributed by atoms with Crippen molar-refractivity contribution in [3.63, 3.8) is 0 Å². The summed E-state index contributed by atoms with van der Waals surface area (Å²) < 4.78 is 4.57. The van der Waals surface area contributed by atoms with Gasteiger partial charge in [-0.05, 0) is 24.1 Å². The molecule has 0 aliphatic carbocycles. The third-order valence-electron chi connectivity index (χ3n) is 2.54. The predicted molar refractivity (Wildman–Crippen MR) is 65.9 cm³/mol. The zero-order chi connectivity index (χ0) is 13.7. The van der Waals surface area contributed by atoms with Gasteiger partial charge in [0.25, 0.3) is 5.91 Å². The van der Waals surface area contributed by atoms with Gasteiger partial charge in [0, 0.05) is 12.6 Å². The fourth-order valence-electron chi connectivity index (χ4n) is 1.60. The minimum Gasteiger partial charge on any atom is -0.478 e. The first-order chi connectivity index (χ1) is 9.16. The largest absolute Gasteiger partial charge is 0.478 e. The smallest absolute Gasteiger partial charge is 0.335 e. The molecule has 2 rings (SSSR count). The first-order valence-electron chi connectivity index (χ1n) is 5.67. The fraction of sp³-hybridized carbons (Fsp3) is 0.154. The Morgan fingerprint density at radius 3 is 2.84 bits per heavy atom. The van der Waals surface area contributed by atoms with Crippen molar-refractivity contribution in [2.75, 3.05) is 6.54 Å². The van der Waals surface area contributed by atoms with E-state index < -0.39 is 5.97 Å². The van der Waals surface area contributed by atoms with Gasteiger partial charge in [0.2, 0.25) is 0 Å². The van der Waals surface area contributed by atoms with E-state index in [4.69, 9.17) is 5.11 Å². The summed E-state index contributed by atoms with van der Waals surface area (Å²) in [6.07, 6.45) is 1.87. The summed E-state index contributed by atoms with van der Waals surface area (Å²) in [7, 11) is 0. The van der Waals surface area contributed by atoms with E-state index in [-0.39, 0.29) is 17.2 Å². The van der Waals surface area contributed by atoms with Gasteiger partial charge < -0.3 is 14.9 Å². The highest BCUT2D eigenvalue weighted by Gasteiger charge is 2.08. The highest BCUT2D eigenvalue weighted by molar-refractivity contribution is 5.92. The van der Waals surface area contributed by atoms with Crippen LogP contribution in [0.5, 0.6) is 0 Å². The second-order valence-corrected chi connectivity index (χ2v) is 3.90. The second kappa shape index (κ2) is 5.81. The molecular weight excluding hydrogens is 248 g/mol. The number of hydrogen-bond acceptors (Lipinski definition) is 4. The molecule has 1 amide bonds. The molecule has 6 nitrogen and oxygen atoms in total. The summed E-state index contributed by atoms with van der Waals surface area (Å²) in [5.41, 5.74) is 1.31. The Balaban J connectivity index is 1.87. The van der Waals surface area contributed by atoms with Crippen LogP contribution in [-0.4, -0.2) is 28.7 Å². The number of carbonyl (C=O) groups is 2. The SMILES string of the molecule is O=C(O)c1cccc(CCNC(=O)c2ccon2)c1. The molecule has 0 bridgehead atoms. The number of amides is 1. The molecule has 1 heterocycles. The van der Waals surface area contributed by atoms with Gasteiger partial charge in [-0.1, -0.05) is 17.3 Å². The fourth-order valence-corrected chi connectivity index (χ4v) is 1.60. The summed E-state index contributed by atoms with van der Waals surface area (Å²) in [4.78, 5) is 22.3. The molecule has 0 fully saturated rings. The molecule has 0 saturated carbocycles. The topological polar surface area (TPSA) is 92.4 Å². The van der Waals surface area contributed by atoms with Gasteiger partial charge in [-0.15, -0.1) is 0 Å². The van der Waals surface area contributed by atoms with E-state index in [1.807, 2.05) is 6.07 Å². The van der Waals surface area contributed by atoms with Crippen molar-refractivity contribution < 1.29 is 19.2 Å². The Bertz CT molecular complexity index is 578. The van der Waals surface area contributed by atoms with Gasteiger partial charge in [-0.25, -0.2) is 4.79 Å². The number of aromatic nitrogens is 1. The quantitative estimate of drug-likeness (QED) is 0.846. The van der Waals surface area contributed by atoms with E-state index in [0.29, 0.717) is 13.0 Å². The van der Waals surface area contributed by atoms with Gasteiger partial charge in [0.1, 0.15) is 6.26 Å². The number of benzene rings is 1. The number of aromatic carboxylic acids is 1. The van der Waals surface area contributed by atoms with E-state index in [2.05, 4.69) is 15.0 Å². The average Bonchev–Trinajstić information content (AvgIpc) is 2.93. The molecule has 0 atom stereocenters. The maximum absolute atomic E-state index is 11.5. The Hall–Kier alpha value is -2.63. The van der Waals surface area contributed by atoms with Crippen LogP contribution in [0.1, 0.15) is 26.4 Å². The first kappa shape index (κ1) is 12.8. The Kier molecular flexibility index (Phi) is 3.92. The van der Waals surface area contributed by atoms with E-state index in [1.54, 1.807) is 12.1 Å². The van der Waals surface area contributed by atoms with Crippen LogP contribution in [0.3, 0.4) is 0 Å². The van der Waals surface area contributed by atoms with Gasteiger partial charge in [-0.3, -0.25) is 4.79 Å². The van der Waals surface area contributed by atoms with Crippen molar-refractivity contribution in [1.82, 2.24) is 10.5 Å². The molecule has 2 N–H and O–H groups in total. The lowest BCUT2D eigenvalue weighted by atomic mass is 10.1. The number of carbonyl (C=O) groups excluding carboxylic acids is 1. The van der Waals surface area contributed by atoms with Crippen molar-refractivity contribution in [2.45, 2.75) is 6.42 Å². The number of rotatable bonds is 5. The van der Waals surface area contributed by atoms with Crippen molar-refractivity contribution in [3.05, 3.63) is 53.4 Å². The van der Waals surface area contributed by atoms with Gasteiger partial charge in [0.15, 0.2) is 5.69 Å². The second-order valence-electron chi connectivity index (χ2n) is 3.90. The van der Waals surface area contributed by atoms with E-state index >= 15 is 0 Å². The summed E-state index contributed by atoms with van der Waals surface area (Å²) in [5, 5.41) is 15.0. The van der Waals surface area contributed by atoms with E-state index in [0.717, 1.165) is 5.56 Å². The molecule has 0 aliphatic rings. The molecular formula is C13H12N2O4. The zero-order valence-electron chi connectivity index (χ0n) is 10.00. The lowest BCUT2D eigenvalue weighted by molar-refractivity contribution is 0.0696. The Morgan fingerprint density at radius 2 is 2.16 bits per heavy atom. The van der Waals surface area contributed by atoms with Crippen LogP contribution in [0.4, 0.5) is 0 Å². The van der Waals surface area contributed by atoms with Crippen molar-refractivity contribution >= 4 is 11.9 Å². The molecule has 0 unspecified atom stereocenters. The molecule has 98 valence electrons. The highest BCUT2D eigenvalue weighted by Crippen LogP contribution is 2.05. The molecule has 0 saturated heterocycles. The highest BCUT2D eigenvalue weighted by atomic mass is 16.5. The Labute approximate surface area is 109 Å². The van der Waals surface area contributed by atoms with Crippen LogP contribution in [0, 0.1) is 0 Å². The number of nitrogens with zero attached hydrogens (tertiary/aromatic N) is 1.